The maximum atomic E-state index is 13.8. The first-order valence-corrected chi connectivity index (χ1v) is 14.2. The summed E-state index contributed by atoms with van der Waals surface area (Å²) in [6.07, 6.45) is -3.95. The number of anilines is 5. The Hall–Kier alpha value is -3.76. The molecule has 0 radical (unpaired) electrons. The molecule has 11 nitrogen and oxygen atoms in total. The maximum absolute atomic E-state index is 13.8. The van der Waals surface area contributed by atoms with Crippen LogP contribution >= 0.6 is 0 Å². The normalized spacial score (nSPS) is 17.6. The zero-order valence-corrected chi connectivity index (χ0v) is 23.6. The van der Waals surface area contributed by atoms with Crippen LogP contribution in [0.1, 0.15) is 22.8 Å². The van der Waals surface area contributed by atoms with Crippen molar-refractivity contribution in [2.75, 3.05) is 55.4 Å². The summed E-state index contributed by atoms with van der Waals surface area (Å²) < 4.78 is 62.5. The molecule has 0 spiro atoms. The van der Waals surface area contributed by atoms with Crippen LogP contribution in [0.4, 0.5) is 41.7 Å². The van der Waals surface area contributed by atoms with Crippen LogP contribution in [-0.2, 0) is 17.7 Å². The Kier molecular flexibility index (Phi) is 8.65. The number of piperazine rings is 1. The highest BCUT2D eigenvalue weighted by Crippen LogP contribution is 2.40. The molecule has 2 aromatic carbocycles. The molecular formula is C27H30F3N7O4S. The van der Waals surface area contributed by atoms with Crippen molar-refractivity contribution in [2.24, 2.45) is 0 Å². The Morgan fingerprint density at radius 2 is 1.98 bits per heavy atom. The number of ether oxygens (including phenoxy) is 1. The first kappa shape index (κ1) is 29.7. The topological polar surface area (TPSA) is 128 Å². The smallest absolute Gasteiger partial charge is 0.419 e. The molecule has 4 N–H and O–H groups in total. The molecule has 5 rings (SSSR count). The van der Waals surface area contributed by atoms with Crippen LogP contribution in [0.15, 0.2) is 54.7 Å². The number of benzene rings is 2. The van der Waals surface area contributed by atoms with Crippen molar-refractivity contribution in [3.63, 3.8) is 0 Å². The molecule has 15 heteroatoms. The van der Waals surface area contributed by atoms with Crippen LogP contribution < -0.4 is 25.6 Å². The van der Waals surface area contributed by atoms with Crippen LogP contribution in [0.5, 0.6) is 5.75 Å². The van der Waals surface area contributed by atoms with Gasteiger partial charge in [0.25, 0.3) is 5.91 Å². The Bertz CT molecular complexity index is 1450. The number of hydroxylamine groups is 1. The molecule has 1 aromatic heterocycles. The van der Waals surface area contributed by atoms with Gasteiger partial charge in [-0.25, -0.2) is 4.98 Å². The predicted octanol–water partition coefficient (Wildman–Crippen LogP) is 4.12. The van der Waals surface area contributed by atoms with Gasteiger partial charge < -0.3 is 30.1 Å². The van der Waals surface area contributed by atoms with Gasteiger partial charge in [0.15, 0.2) is 11.5 Å². The van der Waals surface area contributed by atoms with Crippen molar-refractivity contribution in [3.05, 3.63) is 65.9 Å². The zero-order valence-electron chi connectivity index (χ0n) is 22.8. The fraction of sp³-hybridized carbons (Fsp3) is 0.333. The number of hydrogen-bond donors (Lipinski definition) is 4. The highest BCUT2D eigenvalue weighted by Gasteiger charge is 2.39. The second-order valence-corrected chi connectivity index (χ2v) is 11.0. The molecule has 1 fully saturated rings. The van der Waals surface area contributed by atoms with Gasteiger partial charge in [0.05, 0.1) is 53.9 Å². The first-order chi connectivity index (χ1) is 20.1. The quantitative estimate of drug-likeness (QED) is 0.220. The number of nitrogens with one attached hydrogen (secondary N) is 3. The average Bonchev–Trinajstić information content (AvgIpc) is 2.99. The lowest BCUT2D eigenvalue weighted by Gasteiger charge is -2.44. The number of rotatable bonds is 8. The Morgan fingerprint density at radius 1 is 1.19 bits per heavy atom. The summed E-state index contributed by atoms with van der Waals surface area (Å²) in [4.78, 5) is 18.4. The van der Waals surface area contributed by atoms with Gasteiger partial charge >= 0.3 is 6.18 Å². The number of nitrogens with zero attached hydrogens (tertiary/aromatic N) is 4. The molecule has 3 heterocycles. The molecule has 42 heavy (non-hydrogen) atoms. The van der Waals surface area contributed by atoms with Crippen LogP contribution in [0.2, 0.25) is 0 Å². The monoisotopic (exact) mass is 605 g/mol. The molecule has 2 aliphatic rings. The van der Waals surface area contributed by atoms with E-state index < -0.39 is 29.2 Å². The summed E-state index contributed by atoms with van der Waals surface area (Å²) in [5.74, 6) is 0.298. The highest BCUT2D eigenvalue weighted by atomic mass is 32.2. The van der Waals surface area contributed by atoms with Crippen molar-refractivity contribution in [3.8, 4) is 5.75 Å². The van der Waals surface area contributed by atoms with E-state index in [1.54, 1.807) is 35.5 Å². The molecule has 0 aliphatic carbocycles. The minimum atomic E-state index is -4.69. The third-order valence-electron chi connectivity index (χ3n) is 6.97. The highest BCUT2D eigenvalue weighted by molar-refractivity contribution is 7.86. The van der Waals surface area contributed by atoms with E-state index in [-0.39, 0.29) is 35.3 Å². The van der Waals surface area contributed by atoms with Crippen LogP contribution in [-0.4, -0.2) is 75.3 Å². The third kappa shape index (κ3) is 6.19. The SMILES string of the molecule is CCN(O)[S+]([O-])N1CCN2c3ccc(Nc4cc(Nc5ccccc5C(=O)NC)c(C(F)(F)F)cn4)cc3OCC2C1. The molecule has 2 atom stereocenters. The lowest BCUT2D eigenvalue weighted by atomic mass is 10.1. The number of pyridine rings is 1. The Morgan fingerprint density at radius 3 is 2.71 bits per heavy atom. The molecule has 3 aromatic rings. The summed E-state index contributed by atoms with van der Waals surface area (Å²) in [5, 5.41) is 18.1. The molecule has 224 valence electrons. The molecule has 2 aliphatic heterocycles. The van der Waals surface area contributed by atoms with E-state index >= 15 is 0 Å². The fourth-order valence-electron chi connectivity index (χ4n) is 4.87. The van der Waals surface area contributed by atoms with Crippen molar-refractivity contribution in [1.82, 2.24) is 19.1 Å². The van der Waals surface area contributed by atoms with Gasteiger partial charge in [0.2, 0.25) is 0 Å². The van der Waals surface area contributed by atoms with Gasteiger partial charge in [0, 0.05) is 42.1 Å². The molecule has 2 unspecified atom stereocenters. The third-order valence-corrected chi connectivity index (χ3v) is 8.36. The minimum Gasteiger partial charge on any atom is -0.577 e. The summed E-state index contributed by atoms with van der Waals surface area (Å²) in [6, 6.07) is 12.8. The van der Waals surface area contributed by atoms with Crippen LogP contribution in [0, 0.1) is 0 Å². The number of fused-ring (bicyclic) bond motifs is 3. The van der Waals surface area contributed by atoms with E-state index in [2.05, 4.69) is 25.8 Å². The van der Waals surface area contributed by atoms with E-state index in [1.807, 2.05) is 6.07 Å². The zero-order chi connectivity index (χ0) is 30.0. The number of amides is 1. The lowest BCUT2D eigenvalue weighted by Crippen LogP contribution is -2.60. The molecule has 0 bridgehead atoms. The van der Waals surface area contributed by atoms with Gasteiger partial charge in [-0.05, 0) is 31.2 Å². The predicted molar refractivity (Wildman–Crippen MR) is 153 cm³/mol. The van der Waals surface area contributed by atoms with Crippen molar-refractivity contribution in [2.45, 2.75) is 19.1 Å². The number of hydrogen-bond acceptors (Lipinski definition) is 10. The second kappa shape index (κ2) is 12.2. The van der Waals surface area contributed by atoms with Crippen molar-refractivity contribution < 1.29 is 32.5 Å². The van der Waals surface area contributed by atoms with E-state index in [0.29, 0.717) is 37.7 Å². The number of halogens is 3. The van der Waals surface area contributed by atoms with Gasteiger partial charge in [0.1, 0.15) is 18.2 Å². The fourth-order valence-corrected chi connectivity index (χ4v) is 5.90. The number of alkyl halides is 3. The van der Waals surface area contributed by atoms with Crippen molar-refractivity contribution >= 4 is 46.0 Å². The molecule has 1 saturated heterocycles. The molecule has 0 saturated carbocycles. The standard InChI is InChI=1S/C27H30F3N7O4S/c1-3-37(39)42(40)35-10-11-36-18(15-35)16-41-24-12-17(8-9-23(24)36)33-25-13-22(20(14-32-25)27(28,29)30)34-21-7-5-4-6-19(21)26(38)31-2/h4-9,12-14,18,39H,3,10-11,15-16H2,1-2H3,(H,31,38)(H2,32,33,34). The summed E-state index contributed by atoms with van der Waals surface area (Å²) in [7, 11) is 1.44. The number of carbonyl (C=O) groups excluding carboxylic acids is 1. The largest absolute Gasteiger partial charge is 0.577 e. The van der Waals surface area contributed by atoms with Gasteiger partial charge in [-0.15, -0.1) is 4.31 Å². The van der Waals surface area contributed by atoms with Crippen LogP contribution in [0.25, 0.3) is 0 Å². The number of carbonyl (C=O) groups is 1. The first-order valence-electron chi connectivity index (χ1n) is 13.2. The van der Waals surface area contributed by atoms with E-state index in [9.17, 15) is 27.7 Å². The number of aromatic nitrogens is 1. The maximum Gasteiger partial charge on any atom is 0.419 e. The van der Waals surface area contributed by atoms with Gasteiger partial charge in [-0.3, -0.25) is 10.0 Å². The number of para-hydroxylation sites is 1. The summed E-state index contributed by atoms with van der Waals surface area (Å²) >= 11 is -1.65. The van der Waals surface area contributed by atoms with E-state index in [0.717, 1.165) is 16.4 Å². The summed E-state index contributed by atoms with van der Waals surface area (Å²) in [5.41, 5.74) is 0.537. The van der Waals surface area contributed by atoms with Gasteiger partial charge in [-0.2, -0.15) is 13.2 Å². The molecular weight excluding hydrogens is 575 g/mol. The molecule has 1 amide bonds. The lowest BCUT2D eigenvalue weighted by molar-refractivity contribution is -0.137. The minimum absolute atomic E-state index is 0.0675. The van der Waals surface area contributed by atoms with Crippen LogP contribution in [0.3, 0.4) is 0 Å². The van der Waals surface area contributed by atoms with Crippen molar-refractivity contribution in [1.29, 1.82) is 0 Å². The Balaban J connectivity index is 1.36. The Labute approximate surface area is 243 Å². The second-order valence-electron chi connectivity index (χ2n) is 9.62. The summed E-state index contributed by atoms with van der Waals surface area (Å²) in [6.45, 7) is 3.78. The van der Waals surface area contributed by atoms with E-state index in [4.69, 9.17) is 4.74 Å². The average molecular weight is 606 g/mol. The van der Waals surface area contributed by atoms with Gasteiger partial charge in [-0.1, -0.05) is 12.1 Å². The van der Waals surface area contributed by atoms with E-state index in [1.165, 1.54) is 25.2 Å².